The minimum Gasteiger partial charge on any atom is -0.351 e. The van der Waals surface area contributed by atoms with Gasteiger partial charge in [-0.25, -0.2) is 0 Å². The smallest absolute Gasteiger partial charge is 0.264 e. The molecule has 2 aromatic rings. The highest BCUT2D eigenvalue weighted by Crippen LogP contribution is 2.42. The summed E-state index contributed by atoms with van der Waals surface area (Å²) in [4.78, 5) is 32.0. The van der Waals surface area contributed by atoms with Gasteiger partial charge in [0.1, 0.15) is 0 Å². The Balaban J connectivity index is 1.42. The second-order valence-electron chi connectivity index (χ2n) is 10.1. The van der Waals surface area contributed by atoms with Crippen LogP contribution in [0.25, 0.3) is 6.08 Å². The van der Waals surface area contributed by atoms with Gasteiger partial charge < -0.3 is 10.2 Å². The number of amides is 2. The van der Waals surface area contributed by atoms with Gasteiger partial charge in [-0.1, -0.05) is 67.8 Å². The Morgan fingerprint density at radius 1 is 1.19 bits per heavy atom. The molecule has 1 unspecified atom stereocenters. The third-order valence-corrected chi connectivity index (χ3v) is 8.59. The molecule has 1 fully saturated rings. The molecular formula is C30H39N3O2S. The van der Waals surface area contributed by atoms with E-state index in [0.29, 0.717) is 29.1 Å². The Labute approximate surface area is 220 Å². The lowest BCUT2D eigenvalue weighted by molar-refractivity contribution is -0.114. The first kappa shape index (κ1) is 26.5. The Morgan fingerprint density at radius 3 is 2.69 bits per heavy atom. The van der Waals surface area contributed by atoms with Crippen LogP contribution in [-0.4, -0.2) is 48.9 Å². The standard InChI is InChI=1S/C30H39N3O2S/c1-5-22(3)33(25-12-7-6-8-13-25)17-16-31-29(34)24-14-15-27-26(20-24)32(4)30(35)28(36-27)19-23-11-9-10-21(2)18-23/h9-11,14-15,18-20,22,25H,5-8,12-13,16-17H2,1-4H3,(H,31,34). The molecule has 0 saturated heterocycles. The van der Waals surface area contributed by atoms with E-state index in [0.717, 1.165) is 34.7 Å². The first-order chi connectivity index (χ1) is 17.4. The highest BCUT2D eigenvalue weighted by Gasteiger charge is 2.28. The fourth-order valence-corrected chi connectivity index (χ4v) is 6.35. The van der Waals surface area contributed by atoms with Crippen LogP contribution in [-0.2, 0) is 4.79 Å². The van der Waals surface area contributed by atoms with Crippen LogP contribution in [0.1, 0.15) is 73.9 Å². The topological polar surface area (TPSA) is 52.7 Å². The van der Waals surface area contributed by atoms with Gasteiger partial charge in [-0.3, -0.25) is 14.5 Å². The summed E-state index contributed by atoms with van der Waals surface area (Å²) in [6.45, 7) is 8.08. The summed E-state index contributed by atoms with van der Waals surface area (Å²) in [6, 6.07) is 14.9. The van der Waals surface area contributed by atoms with E-state index in [4.69, 9.17) is 0 Å². The van der Waals surface area contributed by atoms with E-state index in [1.165, 1.54) is 43.9 Å². The first-order valence-corrected chi connectivity index (χ1v) is 14.1. The van der Waals surface area contributed by atoms with Gasteiger partial charge in [0.2, 0.25) is 0 Å². The molecule has 0 radical (unpaired) electrons. The molecule has 0 aromatic heterocycles. The number of likely N-dealkylation sites (N-methyl/N-ethyl adjacent to an activating group) is 1. The summed E-state index contributed by atoms with van der Waals surface area (Å²) in [5, 5.41) is 3.12. The number of carbonyl (C=O) groups excluding carboxylic acids is 2. The summed E-state index contributed by atoms with van der Waals surface area (Å²) in [6.07, 6.45) is 9.56. The van der Waals surface area contributed by atoms with Gasteiger partial charge >= 0.3 is 0 Å². The molecule has 1 heterocycles. The van der Waals surface area contributed by atoms with Crippen LogP contribution in [0.4, 0.5) is 5.69 Å². The van der Waals surface area contributed by atoms with Crippen molar-refractivity contribution in [3.8, 4) is 0 Å². The van der Waals surface area contributed by atoms with Gasteiger partial charge in [0, 0.05) is 42.7 Å². The van der Waals surface area contributed by atoms with Crippen LogP contribution in [0, 0.1) is 6.92 Å². The number of rotatable bonds is 8. The third-order valence-electron chi connectivity index (χ3n) is 7.51. The van der Waals surface area contributed by atoms with Crippen LogP contribution >= 0.6 is 11.8 Å². The number of nitrogens with one attached hydrogen (secondary N) is 1. The summed E-state index contributed by atoms with van der Waals surface area (Å²) >= 11 is 1.46. The average Bonchev–Trinajstić information content (AvgIpc) is 2.89. The summed E-state index contributed by atoms with van der Waals surface area (Å²) in [5.41, 5.74) is 3.54. The largest absolute Gasteiger partial charge is 0.351 e. The zero-order valence-corrected chi connectivity index (χ0v) is 22.9. The molecule has 1 saturated carbocycles. The maximum atomic E-state index is 13.1. The van der Waals surface area contributed by atoms with Gasteiger partial charge in [-0.15, -0.1) is 0 Å². The van der Waals surface area contributed by atoms with Crippen molar-refractivity contribution < 1.29 is 9.59 Å². The summed E-state index contributed by atoms with van der Waals surface area (Å²) < 4.78 is 0. The van der Waals surface area contributed by atoms with E-state index in [2.05, 4.69) is 30.1 Å². The van der Waals surface area contributed by atoms with E-state index < -0.39 is 0 Å². The van der Waals surface area contributed by atoms with Gasteiger partial charge in [-0.2, -0.15) is 0 Å². The highest BCUT2D eigenvalue weighted by molar-refractivity contribution is 8.04. The van der Waals surface area contributed by atoms with Crippen LogP contribution in [0.15, 0.2) is 52.3 Å². The second kappa shape index (κ2) is 12.1. The molecule has 0 bridgehead atoms. The Kier molecular flexibility index (Phi) is 8.91. The summed E-state index contributed by atoms with van der Waals surface area (Å²) in [7, 11) is 1.78. The number of hydrogen-bond acceptors (Lipinski definition) is 4. The predicted octanol–water partition coefficient (Wildman–Crippen LogP) is 6.27. The Bertz CT molecular complexity index is 1120. The monoisotopic (exact) mass is 505 g/mol. The van der Waals surface area contributed by atoms with Gasteiger partial charge in [0.15, 0.2) is 0 Å². The zero-order valence-electron chi connectivity index (χ0n) is 22.0. The maximum Gasteiger partial charge on any atom is 0.264 e. The molecule has 4 rings (SSSR count). The Morgan fingerprint density at radius 2 is 1.97 bits per heavy atom. The fraction of sp³-hybridized carbons (Fsp3) is 0.467. The molecule has 1 aliphatic heterocycles. The Hall–Kier alpha value is -2.57. The average molecular weight is 506 g/mol. The number of fused-ring (bicyclic) bond motifs is 1. The molecule has 0 spiro atoms. The van der Waals surface area contributed by atoms with Gasteiger partial charge in [0.25, 0.3) is 11.8 Å². The molecule has 2 amide bonds. The van der Waals surface area contributed by atoms with Gasteiger partial charge in [-0.05, 0) is 62.9 Å². The third kappa shape index (κ3) is 6.22. The van der Waals surface area contributed by atoms with E-state index in [9.17, 15) is 9.59 Å². The number of benzene rings is 2. The molecular weight excluding hydrogens is 466 g/mol. The van der Waals surface area contributed by atoms with Crippen LogP contribution < -0.4 is 10.2 Å². The summed E-state index contributed by atoms with van der Waals surface area (Å²) in [5.74, 6) is -0.138. The molecule has 192 valence electrons. The molecule has 6 heteroatoms. The van der Waals surface area contributed by atoms with E-state index in [1.807, 2.05) is 49.4 Å². The number of aryl methyl sites for hydroxylation is 1. The minimum atomic E-state index is -0.0857. The number of nitrogens with zero attached hydrogens (tertiary/aromatic N) is 2. The fourth-order valence-electron chi connectivity index (χ4n) is 5.26. The predicted molar refractivity (Wildman–Crippen MR) is 151 cm³/mol. The molecule has 1 atom stereocenters. The van der Waals surface area contributed by atoms with E-state index >= 15 is 0 Å². The van der Waals surface area contributed by atoms with Crippen molar-refractivity contribution in [2.45, 2.75) is 76.3 Å². The normalized spacial score (nSPS) is 18.4. The van der Waals surface area contributed by atoms with Crippen molar-refractivity contribution >= 4 is 35.3 Å². The van der Waals surface area contributed by atoms with Crippen molar-refractivity contribution in [1.82, 2.24) is 10.2 Å². The number of carbonyl (C=O) groups is 2. The lowest BCUT2D eigenvalue weighted by atomic mass is 9.93. The van der Waals surface area contributed by atoms with Crippen molar-refractivity contribution in [2.75, 3.05) is 25.0 Å². The SMILES string of the molecule is CCC(C)N(CCNC(=O)c1ccc2c(c1)N(C)C(=O)C(=Cc1cccc(C)c1)S2)C1CCCCC1. The van der Waals surface area contributed by atoms with E-state index in [1.54, 1.807) is 11.9 Å². The lowest BCUT2D eigenvalue weighted by Crippen LogP contribution is -2.46. The lowest BCUT2D eigenvalue weighted by Gasteiger charge is -2.38. The van der Waals surface area contributed by atoms with Crippen molar-refractivity contribution in [1.29, 1.82) is 0 Å². The second-order valence-corrected chi connectivity index (χ2v) is 11.2. The molecule has 5 nitrogen and oxygen atoms in total. The van der Waals surface area contributed by atoms with Crippen LogP contribution in [0.2, 0.25) is 0 Å². The van der Waals surface area contributed by atoms with Crippen molar-refractivity contribution in [3.63, 3.8) is 0 Å². The number of thioether (sulfide) groups is 1. The molecule has 1 N–H and O–H groups in total. The van der Waals surface area contributed by atoms with Crippen LogP contribution in [0.3, 0.4) is 0 Å². The molecule has 1 aliphatic carbocycles. The highest BCUT2D eigenvalue weighted by atomic mass is 32.2. The van der Waals surface area contributed by atoms with Crippen molar-refractivity contribution in [3.05, 3.63) is 64.1 Å². The first-order valence-electron chi connectivity index (χ1n) is 13.3. The molecule has 36 heavy (non-hydrogen) atoms. The molecule has 2 aliphatic rings. The quantitative estimate of drug-likeness (QED) is 0.430. The van der Waals surface area contributed by atoms with Crippen molar-refractivity contribution in [2.24, 2.45) is 0 Å². The van der Waals surface area contributed by atoms with E-state index in [-0.39, 0.29) is 11.8 Å². The number of hydrogen-bond donors (Lipinski definition) is 1. The zero-order chi connectivity index (χ0) is 25.7. The maximum absolute atomic E-state index is 13.1. The van der Waals surface area contributed by atoms with Gasteiger partial charge in [0.05, 0.1) is 10.6 Å². The minimum absolute atomic E-state index is 0.0526. The number of anilines is 1. The van der Waals surface area contributed by atoms with Crippen LogP contribution in [0.5, 0.6) is 0 Å². The molecule has 2 aromatic carbocycles.